The Balaban J connectivity index is 1.34. The first-order valence-electron chi connectivity index (χ1n) is 9.72. The molecule has 2 aromatic rings. The monoisotopic (exact) mass is 411 g/mol. The van der Waals surface area contributed by atoms with Crippen LogP contribution in [0.4, 0.5) is 4.79 Å². The number of hydrogen-bond acceptors (Lipinski definition) is 7. The van der Waals surface area contributed by atoms with Crippen LogP contribution in [0.25, 0.3) is 11.0 Å². The third-order valence-corrected chi connectivity index (χ3v) is 5.57. The number of imide groups is 1. The first-order chi connectivity index (χ1) is 14.4. The highest BCUT2D eigenvalue weighted by Crippen LogP contribution is 2.35. The normalized spacial score (nSPS) is 23.5. The number of amides is 4. The van der Waals surface area contributed by atoms with Gasteiger partial charge < -0.3 is 10.1 Å². The van der Waals surface area contributed by atoms with E-state index in [9.17, 15) is 19.2 Å². The van der Waals surface area contributed by atoms with Crippen LogP contribution in [0.3, 0.4) is 0 Å². The molecule has 1 aliphatic carbocycles. The summed E-state index contributed by atoms with van der Waals surface area (Å²) in [5, 5.41) is 3.38. The molecular formula is C20H21N5O5. The lowest BCUT2D eigenvalue weighted by Gasteiger charge is -2.33. The quantitative estimate of drug-likeness (QED) is 0.573. The molecule has 4 amide bonds. The third kappa shape index (κ3) is 3.68. The van der Waals surface area contributed by atoms with Gasteiger partial charge in [0.15, 0.2) is 6.61 Å². The molecule has 0 unspecified atom stereocenters. The number of nitrogens with one attached hydrogen (secondary N) is 2. The lowest BCUT2D eigenvalue weighted by molar-refractivity contribution is -0.141. The van der Waals surface area contributed by atoms with Gasteiger partial charge in [0.05, 0.1) is 16.6 Å². The lowest BCUT2D eigenvalue weighted by atomic mass is 9.77. The van der Waals surface area contributed by atoms with E-state index >= 15 is 0 Å². The highest BCUT2D eigenvalue weighted by atomic mass is 16.5. The van der Waals surface area contributed by atoms with Crippen LogP contribution in [0, 0.1) is 5.92 Å². The number of urea groups is 1. The van der Waals surface area contributed by atoms with E-state index < -0.39 is 36.0 Å². The van der Waals surface area contributed by atoms with E-state index in [0.717, 1.165) is 12.8 Å². The van der Waals surface area contributed by atoms with Crippen molar-refractivity contribution >= 4 is 34.8 Å². The van der Waals surface area contributed by atoms with E-state index in [0.29, 0.717) is 34.8 Å². The van der Waals surface area contributed by atoms with Gasteiger partial charge in [-0.2, -0.15) is 5.01 Å². The second-order valence-electron chi connectivity index (χ2n) is 7.71. The number of fused-ring (bicyclic) bond motifs is 1. The molecule has 10 heteroatoms. The molecular weight excluding hydrogens is 390 g/mol. The van der Waals surface area contributed by atoms with Crippen LogP contribution < -0.4 is 10.7 Å². The molecule has 2 fully saturated rings. The predicted octanol–water partition coefficient (Wildman–Crippen LogP) is 1.32. The molecule has 30 heavy (non-hydrogen) atoms. The molecule has 1 spiro atoms. The van der Waals surface area contributed by atoms with Gasteiger partial charge in [-0.1, -0.05) is 6.92 Å². The SMILES string of the molecule is CC1CCC2(CC1)NC(=O)N(NC(=O)COC(=O)c1ccc3nccnc3c1)C2=O. The third-order valence-electron chi connectivity index (χ3n) is 5.57. The fourth-order valence-corrected chi connectivity index (χ4v) is 3.78. The summed E-state index contributed by atoms with van der Waals surface area (Å²) in [5.41, 5.74) is 2.62. The lowest BCUT2D eigenvalue weighted by Crippen LogP contribution is -2.52. The molecule has 156 valence electrons. The summed E-state index contributed by atoms with van der Waals surface area (Å²) in [7, 11) is 0. The Morgan fingerprint density at radius 2 is 1.90 bits per heavy atom. The molecule has 1 aromatic heterocycles. The van der Waals surface area contributed by atoms with Gasteiger partial charge >= 0.3 is 12.0 Å². The second-order valence-corrected chi connectivity index (χ2v) is 7.71. The molecule has 2 aliphatic rings. The predicted molar refractivity (Wildman–Crippen MR) is 104 cm³/mol. The number of esters is 1. The summed E-state index contributed by atoms with van der Waals surface area (Å²) in [6, 6.07) is 3.97. The van der Waals surface area contributed by atoms with Crippen molar-refractivity contribution in [3.05, 3.63) is 36.2 Å². The Kier molecular flexibility index (Phi) is 5.06. The van der Waals surface area contributed by atoms with Crippen molar-refractivity contribution in [1.82, 2.24) is 25.7 Å². The van der Waals surface area contributed by atoms with Gasteiger partial charge in [0.2, 0.25) is 0 Å². The average molecular weight is 411 g/mol. The van der Waals surface area contributed by atoms with Gasteiger partial charge in [0.1, 0.15) is 5.54 Å². The van der Waals surface area contributed by atoms with Crippen LogP contribution in [0.15, 0.2) is 30.6 Å². The van der Waals surface area contributed by atoms with Crippen molar-refractivity contribution in [2.24, 2.45) is 5.92 Å². The maximum atomic E-state index is 12.7. The molecule has 2 N–H and O–H groups in total. The molecule has 1 aromatic carbocycles. The first kappa shape index (κ1) is 19.7. The van der Waals surface area contributed by atoms with Crippen molar-refractivity contribution in [3.8, 4) is 0 Å². The Bertz CT molecular complexity index is 1030. The van der Waals surface area contributed by atoms with Crippen molar-refractivity contribution < 1.29 is 23.9 Å². The maximum absolute atomic E-state index is 12.7. The highest BCUT2D eigenvalue weighted by Gasteiger charge is 2.52. The summed E-state index contributed by atoms with van der Waals surface area (Å²) in [6.07, 6.45) is 5.75. The van der Waals surface area contributed by atoms with Crippen LogP contribution in [0.5, 0.6) is 0 Å². The minimum Gasteiger partial charge on any atom is -0.452 e. The number of hydrogen-bond donors (Lipinski definition) is 2. The van der Waals surface area contributed by atoms with Gasteiger partial charge in [0.25, 0.3) is 11.8 Å². The van der Waals surface area contributed by atoms with Crippen LogP contribution in [-0.2, 0) is 14.3 Å². The largest absolute Gasteiger partial charge is 0.452 e. The van der Waals surface area contributed by atoms with Crippen LogP contribution in [0.1, 0.15) is 43.0 Å². The molecule has 0 bridgehead atoms. The van der Waals surface area contributed by atoms with E-state index in [1.54, 1.807) is 12.3 Å². The molecule has 1 saturated heterocycles. The molecule has 0 atom stereocenters. The van der Waals surface area contributed by atoms with Gasteiger partial charge in [-0.25, -0.2) is 9.59 Å². The van der Waals surface area contributed by atoms with Crippen molar-refractivity contribution in [3.63, 3.8) is 0 Å². The van der Waals surface area contributed by atoms with Crippen LogP contribution >= 0.6 is 0 Å². The number of hydrazine groups is 1. The van der Waals surface area contributed by atoms with Crippen LogP contribution in [0.2, 0.25) is 0 Å². The van der Waals surface area contributed by atoms with E-state index in [1.807, 2.05) is 0 Å². The fraction of sp³-hybridized carbons (Fsp3) is 0.400. The standard InChI is InChI=1S/C20H21N5O5/c1-12-4-6-20(7-5-12)18(28)25(19(29)23-20)24-16(26)11-30-17(27)13-2-3-14-15(10-13)22-9-8-21-14/h2-3,8-10,12H,4-7,11H2,1H3,(H,23,29)(H,24,26). The van der Waals surface area contributed by atoms with Gasteiger partial charge in [-0.15, -0.1) is 0 Å². The number of ether oxygens (including phenoxy) is 1. The molecule has 0 radical (unpaired) electrons. The molecule has 1 aliphatic heterocycles. The summed E-state index contributed by atoms with van der Waals surface area (Å²) in [5.74, 6) is -1.50. The summed E-state index contributed by atoms with van der Waals surface area (Å²) in [4.78, 5) is 57.6. The van der Waals surface area contributed by atoms with Gasteiger partial charge in [-0.3, -0.25) is 25.0 Å². The van der Waals surface area contributed by atoms with Crippen molar-refractivity contribution in [1.29, 1.82) is 0 Å². The van der Waals surface area contributed by atoms with Gasteiger partial charge in [-0.05, 0) is 49.8 Å². The number of nitrogens with zero attached hydrogens (tertiary/aromatic N) is 3. The number of carbonyl (C=O) groups is 4. The number of aromatic nitrogens is 2. The molecule has 4 rings (SSSR count). The fourth-order valence-electron chi connectivity index (χ4n) is 3.78. The number of carbonyl (C=O) groups excluding carboxylic acids is 4. The van der Waals surface area contributed by atoms with E-state index in [4.69, 9.17) is 4.74 Å². The zero-order valence-corrected chi connectivity index (χ0v) is 16.4. The highest BCUT2D eigenvalue weighted by molar-refractivity contribution is 6.08. The smallest absolute Gasteiger partial charge is 0.344 e. The molecule has 2 heterocycles. The van der Waals surface area contributed by atoms with E-state index in [2.05, 4.69) is 27.6 Å². The van der Waals surface area contributed by atoms with Crippen molar-refractivity contribution in [2.75, 3.05) is 6.61 Å². The Labute approximate surface area is 172 Å². The number of benzene rings is 1. The first-order valence-corrected chi connectivity index (χ1v) is 9.72. The van der Waals surface area contributed by atoms with E-state index in [1.165, 1.54) is 18.3 Å². The Hall–Kier alpha value is -3.56. The molecule has 10 nitrogen and oxygen atoms in total. The molecule has 1 saturated carbocycles. The summed E-state index contributed by atoms with van der Waals surface area (Å²) < 4.78 is 5.00. The number of rotatable bonds is 4. The Morgan fingerprint density at radius 3 is 2.63 bits per heavy atom. The second kappa shape index (κ2) is 7.69. The minimum atomic E-state index is -0.959. The maximum Gasteiger partial charge on any atom is 0.344 e. The summed E-state index contributed by atoms with van der Waals surface area (Å²) >= 11 is 0. The zero-order chi connectivity index (χ0) is 21.3. The minimum absolute atomic E-state index is 0.209. The van der Waals surface area contributed by atoms with Crippen LogP contribution in [-0.4, -0.2) is 50.9 Å². The van der Waals surface area contributed by atoms with Crippen molar-refractivity contribution in [2.45, 2.75) is 38.1 Å². The van der Waals surface area contributed by atoms with E-state index in [-0.39, 0.29) is 5.56 Å². The Morgan fingerprint density at radius 1 is 1.20 bits per heavy atom. The average Bonchev–Trinajstić information content (AvgIpc) is 2.98. The van der Waals surface area contributed by atoms with Gasteiger partial charge in [0, 0.05) is 12.4 Å². The zero-order valence-electron chi connectivity index (χ0n) is 16.4. The topological polar surface area (TPSA) is 131 Å². The summed E-state index contributed by atoms with van der Waals surface area (Å²) in [6.45, 7) is 1.46.